The highest BCUT2D eigenvalue weighted by Crippen LogP contribution is 2.32. The highest BCUT2D eigenvalue weighted by atomic mass is 16.4. The lowest BCUT2D eigenvalue weighted by Gasteiger charge is -2.35. The Hall–Kier alpha value is -3.60. The summed E-state index contributed by atoms with van der Waals surface area (Å²) in [7, 11) is 0. The standard InChI is InChI=1S/C30H34N2O3/c1-20-18-24(29(34)35)12-13-27(20)32-16-14-22(15-17-32)21-8-10-23(11-9-21)28(33)31-26-7-5-6-25(19-26)30(2,3)4/h5-13,18-19,22H,14-17H2,1-4H3,(H,31,33)(H,34,35). The molecule has 0 bridgehead atoms. The van der Waals surface area contributed by atoms with Gasteiger partial charge in [0.2, 0.25) is 0 Å². The van der Waals surface area contributed by atoms with Crippen LogP contribution >= 0.6 is 0 Å². The molecule has 1 amide bonds. The fraction of sp³-hybridized carbons (Fsp3) is 0.333. The first-order valence-corrected chi connectivity index (χ1v) is 12.2. The Bertz CT molecular complexity index is 1220. The Balaban J connectivity index is 1.37. The molecule has 0 aromatic heterocycles. The van der Waals surface area contributed by atoms with Crippen LogP contribution in [0.5, 0.6) is 0 Å². The van der Waals surface area contributed by atoms with Gasteiger partial charge < -0.3 is 15.3 Å². The maximum absolute atomic E-state index is 12.8. The number of nitrogens with zero attached hydrogens (tertiary/aromatic N) is 1. The summed E-state index contributed by atoms with van der Waals surface area (Å²) in [6.07, 6.45) is 2.04. The number of benzene rings is 3. The molecule has 0 saturated carbocycles. The Morgan fingerprint density at radius 2 is 1.57 bits per heavy atom. The Morgan fingerprint density at radius 3 is 2.17 bits per heavy atom. The summed E-state index contributed by atoms with van der Waals surface area (Å²) < 4.78 is 0. The molecule has 1 aliphatic rings. The molecule has 1 aliphatic heterocycles. The van der Waals surface area contributed by atoms with Gasteiger partial charge in [0.1, 0.15) is 0 Å². The highest BCUT2D eigenvalue weighted by molar-refractivity contribution is 6.04. The van der Waals surface area contributed by atoms with E-state index in [1.807, 2.05) is 43.3 Å². The van der Waals surface area contributed by atoms with E-state index in [9.17, 15) is 14.7 Å². The van der Waals surface area contributed by atoms with Crippen molar-refractivity contribution in [2.75, 3.05) is 23.3 Å². The van der Waals surface area contributed by atoms with Gasteiger partial charge in [0.05, 0.1) is 5.56 Å². The van der Waals surface area contributed by atoms with Gasteiger partial charge in [-0.25, -0.2) is 4.79 Å². The molecule has 1 fully saturated rings. The third-order valence-corrected chi connectivity index (χ3v) is 6.91. The summed E-state index contributed by atoms with van der Waals surface area (Å²) in [5.74, 6) is -0.544. The molecule has 5 heteroatoms. The first-order valence-electron chi connectivity index (χ1n) is 12.2. The van der Waals surface area contributed by atoms with Crippen molar-refractivity contribution in [3.8, 4) is 0 Å². The predicted molar refractivity (Wildman–Crippen MR) is 142 cm³/mol. The van der Waals surface area contributed by atoms with E-state index in [0.717, 1.165) is 42.9 Å². The zero-order chi connectivity index (χ0) is 25.2. The van der Waals surface area contributed by atoms with Crippen LogP contribution in [0.25, 0.3) is 0 Å². The average molecular weight is 471 g/mol. The van der Waals surface area contributed by atoms with Crippen LogP contribution in [0.4, 0.5) is 11.4 Å². The monoisotopic (exact) mass is 470 g/mol. The number of piperidine rings is 1. The van der Waals surface area contributed by atoms with Gasteiger partial charge in [-0.15, -0.1) is 0 Å². The fourth-order valence-electron chi connectivity index (χ4n) is 4.77. The summed E-state index contributed by atoms with van der Waals surface area (Å²) in [5, 5.41) is 12.2. The van der Waals surface area contributed by atoms with Crippen LogP contribution < -0.4 is 10.2 Å². The number of carboxylic acid groups (broad SMARTS) is 1. The summed E-state index contributed by atoms with van der Waals surface area (Å²) >= 11 is 0. The Morgan fingerprint density at radius 1 is 0.914 bits per heavy atom. The minimum atomic E-state index is -0.895. The van der Waals surface area contributed by atoms with Crippen LogP contribution in [-0.2, 0) is 5.41 Å². The van der Waals surface area contributed by atoms with E-state index in [1.165, 1.54) is 11.1 Å². The van der Waals surface area contributed by atoms with Crippen molar-refractivity contribution >= 4 is 23.3 Å². The second-order valence-electron chi connectivity index (χ2n) is 10.5. The summed E-state index contributed by atoms with van der Waals surface area (Å²) in [5.41, 5.74) is 6.36. The van der Waals surface area contributed by atoms with E-state index in [2.05, 4.69) is 49.2 Å². The molecule has 2 N–H and O–H groups in total. The summed E-state index contributed by atoms with van der Waals surface area (Å²) in [4.78, 5) is 26.4. The van der Waals surface area contributed by atoms with Crippen LogP contribution in [0.15, 0.2) is 66.7 Å². The number of aromatic carboxylic acids is 1. The van der Waals surface area contributed by atoms with E-state index in [-0.39, 0.29) is 11.3 Å². The molecule has 4 rings (SSSR count). The second kappa shape index (κ2) is 9.95. The lowest BCUT2D eigenvalue weighted by molar-refractivity contribution is 0.0696. The van der Waals surface area contributed by atoms with Crippen molar-refractivity contribution in [1.82, 2.24) is 0 Å². The highest BCUT2D eigenvalue weighted by Gasteiger charge is 2.22. The van der Waals surface area contributed by atoms with Gasteiger partial charge in [-0.3, -0.25) is 4.79 Å². The largest absolute Gasteiger partial charge is 0.478 e. The third-order valence-electron chi connectivity index (χ3n) is 6.91. The number of aryl methyl sites for hydroxylation is 1. The number of nitrogens with one attached hydrogen (secondary N) is 1. The molecule has 0 radical (unpaired) electrons. The van der Waals surface area contributed by atoms with Crippen LogP contribution in [0, 0.1) is 6.92 Å². The molecule has 5 nitrogen and oxygen atoms in total. The number of hydrogen-bond acceptors (Lipinski definition) is 3. The quantitative estimate of drug-likeness (QED) is 0.439. The zero-order valence-corrected chi connectivity index (χ0v) is 21.0. The van der Waals surface area contributed by atoms with Crippen LogP contribution in [0.2, 0.25) is 0 Å². The SMILES string of the molecule is Cc1cc(C(=O)O)ccc1N1CCC(c2ccc(C(=O)Nc3cccc(C(C)(C)C)c3)cc2)CC1. The normalized spacial score (nSPS) is 14.6. The summed E-state index contributed by atoms with van der Waals surface area (Å²) in [6.45, 7) is 10.3. The molecule has 0 spiro atoms. The lowest BCUT2D eigenvalue weighted by atomic mass is 9.87. The van der Waals surface area contributed by atoms with E-state index in [1.54, 1.807) is 12.1 Å². The first-order chi connectivity index (χ1) is 16.6. The topological polar surface area (TPSA) is 69.6 Å². The minimum absolute atomic E-state index is 0.0264. The van der Waals surface area contributed by atoms with Crippen LogP contribution in [0.1, 0.15) is 76.9 Å². The molecule has 0 aliphatic carbocycles. The van der Waals surface area contributed by atoms with Gasteiger partial charge >= 0.3 is 5.97 Å². The minimum Gasteiger partial charge on any atom is -0.478 e. The number of hydrogen-bond donors (Lipinski definition) is 2. The number of anilines is 2. The van der Waals surface area contributed by atoms with Crippen molar-refractivity contribution in [1.29, 1.82) is 0 Å². The van der Waals surface area contributed by atoms with Crippen LogP contribution in [0.3, 0.4) is 0 Å². The van der Waals surface area contributed by atoms with E-state index in [4.69, 9.17) is 0 Å². The lowest BCUT2D eigenvalue weighted by Crippen LogP contribution is -2.33. The maximum atomic E-state index is 12.8. The molecular weight excluding hydrogens is 436 g/mol. The fourth-order valence-corrected chi connectivity index (χ4v) is 4.77. The van der Waals surface area contributed by atoms with Crippen LogP contribution in [-0.4, -0.2) is 30.1 Å². The van der Waals surface area contributed by atoms with E-state index in [0.29, 0.717) is 17.0 Å². The second-order valence-corrected chi connectivity index (χ2v) is 10.5. The average Bonchev–Trinajstić information content (AvgIpc) is 2.84. The number of carboxylic acids is 1. The number of carbonyl (C=O) groups excluding carboxylic acids is 1. The zero-order valence-electron chi connectivity index (χ0n) is 21.0. The summed E-state index contributed by atoms with van der Waals surface area (Å²) in [6, 6.07) is 21.4. The van der Waals surface area contributed by atoms with Crippen molar-refractivity contribution in [2.45, 2.75) is 51.9 Å². The molecule has 1 heterocycles. The molecule has 0 atom stereocenters. The number of carbonyl (C=O) groups is 2. The van der Waals surface area contributed by atoms with Crippen molar-refractivity contribution in [3.63, 3.8) is 0 Å². The third kappa shape index (κ3) is 5.73. The van der Waals surface area contributed by atoms with Gasteiger partial charge in [0, 0.05) is 30.0 Å². The molecule has 3 aromatic rings. The van der Waals surface area contributed by atoms with Gasteiger partial charge in [-0.05, 0) is 90.3 Å². The molecule has 0 unspecified atom stereocenters. The Labute approximate surface area is 207 Å². The molecule has 1 saturated heterocycles. The molecule has 35 heavy (non-hydrogen) atoms. The van der Waals surface area contributed by atoms with Gasteiger partial charge in [-0.2, -0.15) is 0 Å². The van der Waals surface area contributed by atoms with Crippen molar-refractivity contribution in [2.24, 2.45) is 0 Å². The number of rotatable bonds is 5. The van der Waals surface area contributed by atoms with Gasteiger partial charge in [0.15, 0.2) is 0 Å². The smallest absolute Gasteiger partial charge is 0.335 e. The van der Waals surface area contributed by atoms with Gasteiger partial charge in [-0.1, -0.05) is 45.0 Å². The van der Waals surface area contributed by atoms with Crippen molar-refractivity contribution < 1.29 is 14.7 Å². The van der Waals surface area contributed by atoms with Gasteiger partial charge in [0.25, 0.3) is 5.91 Å². The maximum Gasteiger partial charge on any atom is 0.335 e. The number of amides is 1. The Kier molecular flexibility index (Phi) is 6.97. The molecule has 3 aromatic carbocycles. The molecular formula is C30H34N2O3. The molecule has 182 valence electrons. The first kappa shape index (κ1) is 24.5. The van der Waals surface area contributed by atoms with E-state index >= 15 is 0 Å². The van der Waals surface area contributed by atoms with E-state index < -0.39 is 5.97 Å². The van der Waals surface area contributed by atoms with Crippen molar-refractivity contribution in [3.05, 3.63) is 94.5 Å². The predicted octanol–water partition coefficient (Wildman–Crippen LogP) is 6.63.